The number of nitrogens with zero attached hydrogens (tertiary/aromatic N) is 1. The fourth-order valence-corrected chi connectivity index (χ4v) is 3.62. The van der Waals surface area contributed by atoms with Crippen molar-refractivity contribution < 1.29 is 23.5 Å². The molecule has 0 spiro atoms. The number of methoxy groups -OCH3 is 1. The van der Waals surface area contributed by atoms with Crippen molar-refractivity contribution >= 4 is 29.3 Å². The number of aryl methyl sites for hydroxylation is 1. The largest absolute Gasteiger partial charge is 0.467 e. The summed E-state index contributed by atoms with van der Waals surface area (Å²) < 4.78 is 10.2. The van der Waals surface area contributed by atoms with Gasteiger partial charge in [0.15, 0.2) is 5.78 Å². The minimum Gasteiger partial charge on any atom is -0.467 e. The van der Waals surface area contributed by atoms with Crippen molar-refractivity contribution in [3.8, 4) is 0 Å². The predicted molar refractivity (Wildman–Crippen MR) is 115 cm³/mol. The Labute approximate surface area is 184 Å². The molecule has 1 N–H and O–H groups in total. The van der Waals surface area contributed by atoms with Crippen molar-refractivity contribution in [1.29, 1.82) is 0 Å². The first-order valence-corrected chi connectivity index (χ1v) is 10.0. The van der Waals surface area contributed by atoms with Crippen LogP contribution in [0.1, 0.15) is 55.1 Å². The molecule has 3 aromatic rings. The third kappa shape index (κ3) is 4.56. The number of esters is 1. The molecule has 2 heterocycles. The van der Waals surface area contributed by atoms with Crippen LogP contribution in [0.15, 0.2) is 47.1 Å². The molecule has 0 aliphatic rings. The molecule has 1 amide bonds. The van der Waals surface area contributed by atoms with E-state index in [9.17, 15) is 14.4 Å². The summed E-state index contributed by atoms with van der Waals surface area (Å²) in [4.78, 5) is 43.1. The third-order valence-electron chi connectivity index (χ3n) is 5.18. The van der Waals surface area contributed by atoms with Crippen LogP contribution in [0.5, 0.6) is 0 Å². The van der Waals surface area contributed by atoms with Crippen LogP contribution in [0, 0.1) is 13.8 Å². The number of H-pyrrole nitrogens is 1. The number of Topliss-reactive ketones (excluding diaryl/α,β-unsaturated/α-hetero) is 1. The molecule has 8 heteroatoms. The van der Waals surface area contributed by atoms with Crippen LogP contribution in [0.25, 0.3) is 0 Å². The Morgan fingerprint density at radius 2 is 1.84 bits per heavy atom. The molecule has 3 rings (SSSR count). The quantitative estimate of drug-likeness (QED) is 0.427. The van der Waals surface area contributed by atoms with Gasteiger partial charge in [0.25, 0.3) is 5.91 Å². The van der Waals surface area contributed by atoms with Crippen LogP contribution >= 0.6 is 11.6 Å². The molecule has 162 valence electrons. The Morgan fingerprint density at radius 1 is 1.16 bits per heavy atom. The average molecular weight is 443 g/mol. The minimum atomic E-state index is -0.827. The lowest BCUT2D eigenvalue weighted by molar-refractivity contribution is 0.0590. The van der Waals surface area contributed by atoms with Gasteiger partial charge in [0.05, 0.1) is 26.0 Å². The number of benzene rings is 1. The van der Waals surface area contributed by atoms with Gasteiger partial charge in [-0.3, -0.25) is 9.59 Å². The van der Waals surface area contributed by atoms with Crippen molar-refractivity contribution in [2.45, 2.75) is 33.4 Å². The Kier molecular flexibility index (Phi) is 6.65. The first-order chi connectivity index (χ1) is 14.7. The Balaban J connectivity index is 1.98. The van der Waals surface area contributed by atoms with Crippen molar-refractivity contribution in [2.24, 2.45) is 0 Å². The maximum Gasteiger partial charge on any atom is 0.354 e. The Hall–Kier alpha value is -3.32. The number of hydrogen-bond acceptors (Lipinski definition) is 5. The van der Waals surface area contributed by atoms with Crippen LogP contribution in [0.2, 0.25) is 5.02 Å². The van der Waals surface area contributed by atoms with E-state index in [-0.39, 0.29) is 23.9 Å². The fourth-order valence-electron chi connectivity index (χ4n) is 3.49. The van der Waals surface area contributed by atoms with Crippen LogP contribution in [0.3, 0.4) is 0 Å². The van der Waals surface area contributed by atoms with Crippen LogP contribution < -0.4 is 0 Å². The van der Waals surface area contributed by atoms with E-state index in [1.807, 2.05) is 0 Å². The number of hydrogen-bond donors (Lipinski definition) is 1. The van der Waals surface area contributed by atoms with Crippen molar-refractivity contribution in [3.05, 3.63) is 81.5 Å². The lowest BCUT2D eigenvalue weighted by Crippen LogP contribution is -2.43. The van der Waals surface area contributed by atoms with Gasteiger partial charge in [-0.25, -0.2) is 4.79 Å². The summed E-state index contributed by atoms with van der Waals surface area (Å²) >= 11 is 5.94. The number of carbonyl (C=O) groups excluding carboxylic acids is 3. The van der Waals surface area contributed by atoms with Gasteiger partial charge in [-0.15, -0.1) is 0 Å². The Morgan fingerprint density at radius 3 is 2.42 bits per heavy atom. The molecule has 31 heavy (non-hydrogen) atoms. The monoisotopic (exact) mass is 442 g/mol. The molecule has 1 aromatic carbocycles. The molecule has 0 saturated heterocycles. The van der Waals surface area contributed by atoms with Gasteiger partial charge in [0.1, 0.15) is 11.5 Å². The summed E-state index contributed by atoms with van der Waals surface area (Å²) in [6, 6.07) is 9.09. The molecule has 2 aromatic heterocycles. The maximum atomic E-state index is 13.5. The summed E-state index contributed by atoms with van der Waals surface area (Å²) in [6.07, 6.45) is 1.51. The SMILES string of the molecule is COC(=O)c1[nH]c(C)c(C(=O)[C@H](C)N(Cc2ccco2)C(=O)c2ccc(Cl)cc2)c1C. The van der Waals surface area contributed by atoms with Crippen molar-refractivity contribution in [1.82, 2.24) is 9.88 Å². The molecular weight excluding hydrogens is 420 g/mol. The summed E-state index contributed by atoms with van der Waals surface area (Å²) in [6.45, 7) is 5.14. The van der Waals surface area contributed by atoms with Crippen molar-refractivity contribution in [2.75, 3.05) is 7.11 Å². The second-order valence-corrected chi connectivity index (χ2v) is 7.61. The number of aromatic nitrogens is 1. The van der Waals surface area contributed by atoms with Crippen LogP contribution in [0.4, 0.5) is 0 Å². The fraction of sp³-hybridized carbons (Fsp3) is 0.261. The molecular formula is C23H23ClN2O5. The lowest BCUT2D eigenvalue weighted by Gasteiger charge is -2.28. The van der Waals surface area contributed by atoms with E-state index >= 15 is 0 Å². The van der Waals surface area contributed by atoms with Crippen LogP contribution in [-0.4, -0.2) is 40.7 Å². The number of aromatic amines is 1. The zero-order chi connectivity index (χ0) is 22.7. The van der Waals surface area contributed by atoms with Gasteiger partial charge < -0.3 is 19.0 Å². The molecule has 0 radical (unpaired) electrons. The first-order valence-electron chi connectivity index (χ1n) is 9.65. The topological polar surface area (TPSA) is 92.6 Å². The summed E-state index contributed by atoms with van der Waals surface area (Å²) in [5.74, 6) is -0.653. The zero-order valence-electron chi connectivity index (χ0n) is 17.7. The van der Waals surface area contributed by atoms with Crippen molar-refractivity contribution in [3.63, 3.8) is 0 Å². The molecule has 0 aliphatic heterocycles. The number of halogens is 1. The minimum absolute atomic E-state index is 0.105. The molecule has 7 nitrogen and oxygen atoms in total. The highest BCUT2D eigenvalue weighted by molar-refractivity contribution is 6.30. The van der Waals surface area contributed by atoms with E-state index in [1.54, 1.807) is 57.2 Å². The number of carbonyl (C=O) groups is 3. The summed E-state index contributed by atoms with van der Waals surface area (Å²) in [5, 5.41) is 0.507. The second kappa shape index (κ2) is 9.22. The van der Waals surface area contributed by atoms with E-state index in [4.69, 9.17) is 20.8 Å². The highest BCUT2D eigenvalue weighted by Gasteiger charge is 2.32. The Bertz CT molecular complexity index is 1100. The number of ketones is 1. The maximum absolute atomic E-state index is 13.5. The van der Waals surface area contributed by atoms with E-state index in [0.29, 0.717) is 33.2 Å². The van der Waals surface area contributed by atoms with Gasteiger partial charge in [0, 0.05) is 21.8 Å². The first kappa shape index (κ1) is 22.4. The van der Waals surface area contributed by atoms with E-state index in [1.165, 1.54) is 18.3 Å². The molecule has 0 saturated carbocycles. The van der Waals surface area contributed by atoms with Gasteiger partial charge in [0.2, 0.25) is 0 Å². The lowest BCUT2D eigenvalue weighted by atomic mass is 9.99. The van der Waals surface area contributed by atoms with Gasteiger partial charge in [-0.05, 0) is 62.7 Å². The molecule has 1 atom stereocenters. The summed E-state index contributed by atoms with van der Waals surface area (Å²) in [7, 11) is 1.28. The molecule has 0 fully saturated rings. The standard InChI is InChI=1S/C23H23ClN2O5/c1-13-19(14(2)25-20(13)23(29)30-4)21(27)15(3)26(12-18-6-5-11-31-18)22(28)16-7-9-17(24)10-8-16/h5-11,15,25H,12H2,1-4H3/t15-/m0/s1. The molecule has 0 unspecified atom stereocenters. The van der Waals surface area contributed by atoms with E-state index in [0.717, 1.165) is 0 Å². The van der Waals surface area contributed by atoms with E-state index in [2.05, 4.69) is 4.98 Å². The van der Waals surface area contributed by atoms with Gasteiger partial charge in [-0.2, -0.15) is 0 Å². The third-order valence-corrected chi connectivity index (χ3v) is 5.43. The molecule has 0 bridgehead atoms. The van der Waals surface area contributed by atoms with Crippen LogP contribution in [-0.2, 0) is 11.3 Å². The van der Waals surface area contributed by atoms with Gasteiger partial charge in [-0.1, -0.05) is 11.6 Å². The average Bonchev–Trinajstić information content (AvgIpc) is 3.38. The van der Waals surface area contributed by atoms with Gasteiger partial charge >= 0.3 is 5.97 Å². The highest BCUT2D eigenvalue weighted by atomic mass is 35.5. The number of rotatable bonds is 7. The smallest absolute Gasteiger partial charge is 0.354 e. The number of furan rings is 1. The zero-order valence-corrected chi connectivity index (χ0v) is 18.4. The predicted octanol–water partition coefficient (Wildman–Crippen LogP) is 4.58. The molecule has 0 aliphatic carbocycles. The highest BCUT2D eigenvalue weighted by Crippen LogP contribution is 2.24. The number of ether oxygens (including phenoxy) is 1. The number of nitrogens with one attached hydrogen (secondary N) is 1. The normalized spacial score (nSPS) is 11.8. The van der Waals surface area contributed by atoms with E-state index < -0.39 is 12.0 Å². The summed E-state index contributed by atoms with van der Waals surface area (Å²) in [5.41, 5.74) is 2.00. The number of amides is 1. The second-order valence-electron chi connectivity index (χ2n) is 7.18.